The summed E-state index contributed by atoms with van der Waals surface area (Å²) in [5.74, 6) is -2.03. The van der Waals surface area contributed by atoms with Crippen LogP contribution in [0.15, 0.2) is 48.7 Å². The topological polar surface area (TPSA) is 129 Å². The van der Waals surface area contributed by atoms with Crippen molar-refractivity contribution in [1.82, 2.24) is 20.0 Å². The third kappa shape index (κ3) is 9.27. The number of rotatable bonds is 3. The van der Waals surface area contributed by atoms with Crippen LogP contribution in [0.1, 0.15) is 49.9 Å². The van der Waals surface area contributed by atoms with Crippen molar-refractivity contribution in [2.24, 2.45) is 0 Å². The molecule has 11 nitrogen and oxygen atoms in total. The van der Waals surface area contributed by atoms with Crippen molar-refractivity contribution in [3.8, 4) is 5.69 Å². The normalized spacial score (nSPS) is 18.7. The number of benzene rings is 2. The smallest absolute Gasteiger partial charge is 0.465 e. The lowest BCUT2D eigenvalue weighted by molar-refractivity contribution is -0.304. The molecule has 2 bridgehead atoms. The zero-order chi connectivity index (χ0) is 34.3. The highest BCUT2D eigenvalue weighted by molar-refractivity contribution is 6.30. The molecular weight excluding hydrogens is 648 g/mol. The summed E-state index contributed by atoms with van der Waals surface area (Å²) >= 11 is 6.00. The minimum absolute atomic E-state index is 0.0411. The standard InChI is InChI=1S/C28H32ClFN6O3.C3H3F3O2/c1-18-23(16-32-36(18)24-11-6-9-21(29)26(24)30)33-22-10-3-2-4-12-31-27(37)25-17-34(28(38)39)13-14-35(25)20-8-5-7-19(22)15-20;1-2(7)8-3(4,5)6/h5-9,11,15-16,22,25,33H,2-4,10,12-14,17H2,1H3,(H,31,37)(H,38,39);1H3/t22-,25+;/m0./s1. The van der Waals surface area contributed by atoms with Gasteiger partial charge in [0.05, 0.1) is 35.2 Å². The number of esters is 1. The molecular formula is C31H35ClF4N6O5. The Morgan fingerprint density at radius 3 is 2.55 bits per heavy atom. The zero-order valence-electron chi connectivity index (χ0n) is 25.7. The number of carbonyl (C=O) groups is 3. The van der Waals surface area contributed by atoms with Gasteiger partial charge in [0.2, 0.25) is 5.91 Å². The first kappa shape index (κ1) is 35.3. The van der Waals surface area contributed by atoms with Crippen LogP contribution in [0.2, 0.25) is 5.02 Å². The van der Waals surface area contributed by atoms with E-state index in [0.717, 1.165) is 48.3 Å². The van der Waals surface area contributed by atoms with Gasteiger partial charge in [-0.25, -0.2) is 13.9 Å². The van der Waals surface area contributed by atoms with Gasteiger partial charge in [-0.15, -0.1) is 13.2 Å². The van der Waals surface area contributed by atoms with Gasteiger partial charge in [0.1, 0.15) is 11.7 Å². The van der Waals surface area contributed by atoms with Crippen LogP contribution >= 0.6 is 11.6 Å². The average molecular weight is 683 g/mol. The number of ether oxygens (including phenoxy) is 1. The minimum Gasteiger partial charge on any atom is -0.465 e. The maximum absolute atomic E-state index is 14.7. The molecule has 1 fully saturated rings. The fraction of sp³-hybridized carbons (Fsp3) is 0.419. The molecule has 47 heavy (non-hydrogen) atoms. The quantitative estimate of drug-likeness (QED) is 0.225. The molecule has 5 rings (SSSR count). The van der Waals surface area contributed by atoms with Gasteiger partial charge >= 0.3 is 18.4 Å². The largest absolute Gasteiger partial charge is 0.575 e. The van der Waals surface area contributed by atoms with E-state index >= 15 is 0 Å². The monoisotopic (exact) mass is 682 g/mol. The summed E-state index contributed by atoms with van der Waals surface area (Å²) in [5, 5.41) is 20.6. The Balaban J connectivity index is 0.000000555. The van der Waals surface area contributed by atoms with E-state index in [1.807, 2.05) is 24.0 Å². The number of hydrogen-bond donors (Lipinski definition) is 3. The molecule has 16 heteroatoms. The molecule has 0 unspecified atom stereocenters. The van der Waals surface area contributed by atoms with Crippen molar-refractivity contribution in [3.05, 3.63) is 70.8 Å². The molecule has 0 spiro atoms. The van der Waals surface area contributed by atoms with Gasteiger partial charge in [-0.1, -0.05) is 42.6 Å². The van der Waals surface area contributed by atoms with Crippen molar-refractivity contribution < 1.29 is 41.8 Å². The Morgan fingerprint density at radius 1 is 1.13 bits per heavy atom. The van der Waals surface area contributed by atoms with Crippen LogP contribution in [0.25, 0.3) is 5.69 Å². The molecule has 1 aromatic heterocycles. The van der Waals surface area contributed by atoms with Crippen LogP contribution in [-0.2, 0) is 14.3 Å². The van der Waals surface area contributed by atoms with Crippen LogP contribution < -0.4 is 15.5 Å². The molecule has 3 N–H and O–H groups in total. The Kier molecular flexibility index (Phi) is 11.6. The number of alkyl halides is 3. The Morgan fingerprint density at radius 2 is 1.87 bits per heavy atom. The number of anilines is 2. The molecule has 0 radical (unpaired) electrons. The number of fused-ring (bicyclic) bond motifs is 4. The lowest BCUT2D eigenvalue weighted by atomic mass is 9.98. The summed E-state index contributed by atoms with van der Waals surface area (Å²) < 4.78 is 51.6. The fourth-order valence-corrected chi connectivity index (χ4v) is 5.68. The van der Waals surface area contributed by atoms with Gasteiger partial charge in [-0.3, -0.25) is 9.59 Å². The second kappa shape index (κ2) is 15.4. The van der Waals surface area contributed by atoms with Gasteiger partial charge in [-0.2, -0.15) is 5.10 Å². The van der Waals surface area contributed by atoms with Crippen LogP contribution in [0, 0.1) is 12.7 Å². The van der Waals surface area contributed by atoms with Crippen molar-refractivity contribution in [3.63, 3.8) is 0 Å². The van der Waals surface area contributed by atoms with E-state index in [-0.39, 0.29) is 29.2 Å². The number of hydrogen-bond acceptors (Lipinski definition) is 7. The average Bonchev–Trinajstić information content (AvgIpc) is 3.37. The van der Waals surface area contributed by atoms with Crippen LogP contribution in [0.5, 0.6) is 0 Å². The van der Waals surface area contributed by atoms with Crippen LogP contribution in [0.4, 0.5) is 33.7 Å². The van der Waals surface area contributed by atoms with Crippen LogP contribution in [-0.4, -0.2) is 76.3 Å². The maximum Gasteiger partial charge on any atom is 0.575 e. The molecule has 2 aromatic carbocycles. The Labute approximate surface area is 273 Å². The van der Waals surface area contributed by atoms with E-state index in [0.29, 0.717) is 26.6 Å². The first-order valence-corrected chi connectivity index (χ1v) is 15.3. The number of nitrogens with one attached hydrogen (secondary N) is 2. The van der Waals surface area contributed by atoms with Gasteiger partial charge in [0, 0.05) is 32.2 Å². The number of carboxylic acid groups (broad SMARTS) is 1. The van der Waals surface area contributed by atoms with E-state index in [4.69, 9.17) is 11.6 Å². The second-order valence-corrected chi connectivity index (χ2v) is 11.4. The predicted molar refractivity (Wildman–Crippen MR) is 166 cm³/mol. The molecule has 2 amide bonds. The molecule has 2 atom stereocenters. The lowest BCUT2D eigenvalue weighted by Crippen LogP contribution is -2.60. The second-order valence-electron chi connectivity index (χ2n) is 11.0. The minimum atomic E-state index is -4.83. The number of nitrogens with zero attached hydrogens (tertiary/aromatic N) is 4. The van der Waals surface area contributed by atoms with Gasteiger partial charge in [0.15, 0.2) is 5.82 Å². The molecule has 0 saturated carbocycles. The number of carbonyl (C=O) groups excluding carboxylic acids is 2. The number of amides is 2. The van der Waals surface area contributed by atoms with E-state index in [9.17, 15) is 37.1 Å². The summed E-state index contributed by atoms with van der Waals surface area (Å²) in [7, 11) is 0. The van der Waals surface area contributed by atoms with Gasteiger partial charge in [-0.05, 0) is 49.6 Å². The van der Waals surface area contributed by atoms with Crippen molar-refractivity contribution in [2.75, 3.05) is 36.4 Å². The first-order chi connectivity index (χ1) is 22.2. The molecule has 0 aliphatic carbocycles. The highest BCUT2D eigenvalue weighted by Gasteiger charge is 2.35. The highest BCUT2D eigenvalue weighted by Crippen LogP contribution is 2.32. The lowest BCUT2D eigenvalue weighted by Gasteiger charge is -2.41. The molecule has 2 aliphatic heterocycles. The van der Waals surface area contributed by atoms with E-state index in [1.165, 1.54) is 11.0 Å². The summed E-state index contributed by atoms with van der Waals surface area (Å²) in [6.45, 7) is 3.98. The van der Waals surface area contributed by atoms with Crippen molar-refractivity contribution in [1.29, 1.82) is 0 Å². The summed E-state index contributed by atoms with van der Waals surface area (Å²) in [5.41, 5.74) is 3.76. The Hall–Kier alpha value is -4.53. The fourth-order valence-electron chi connectivity index (χ4n) is 5.51. The third-order valence-corrected chi connectivity index (χ3v) is 8.08. The van der Waals surface area contributed by atoms with E-state index in [1.54, 1.807) is 23.0 Å². The van der Waals surface area contributed by atoms with E-state index < -0.39 is 30.3 Å². The molecule has 1 saturated heterocycles. The van der Waals surface area contributed by atoms with Crippen LogP contribution in [0.3, 0.4) is 0 Å². The molecule has 254 valence electrons. The molecule has 2 aliphatic rings. The molecule has 3 aromatic rings. The van der Waals surface area contributed by atoms with Crippen molar-refractivity contribution >= 4 is 40.9 Å². The SMILES string of the molecule is CC(=O)OC(F)(F)F.Cc1c(N[C@H]2CCCCCNC(=O)[C@H]3CN(C(=O)O)CCN3c3cccc2c3)cnn1-c1cccc(Cl)c1F. The zero-order valence-corrected chi connectivity index (χ0v) is 26.4. The number of halogens is 5. The third-order valence-electron chi connectivity index (χ3n) is 7.78. The number of aromatic nitrogens is 2. The van der Waals surface area contributed by atoms with Gasteiger partial charge < -0.3 is 30.3 Å². The van der Waals surface area contributed by atoms with Crippen molar-refractivity contribution in [2.45, 2.75) is 58.0 Å². The first-order valence-electron chi connectivity index (χ1n) is 14.9. The Bertz CT molecular complexity index is 1590. The highest BCUT2D eigenvalue weighted by atomic mass is 35.5. The maximum atomic E-state index is 14.7. The summed E-state index contributed by atoms with van der Waals surface area (Å²) in [6, 6.07) is 12.2. The van der Waals surface area contributed by atoms with E-state index in [2.05, 4.69) is 32.6 Å². The number of piperazine rings is 1. The molecule has 3 heterocycles. The summed E-state index contributed by atoms with van der Waals surface area (Å²) in [4.78, 5) is 37.5. The van der Waals surface area contributed by atoms with Gasteiger partial charge in [0.25, 0.3) is 0 Å². The summed E-state index contributed by atoms with van der Waals surface area (Å²) in [6.07, 6.45) is -0.596. The predicted octanol–water partition coefficient (Wildman–Crippen LogP) is 6.05.